The van der Waals surface area contributed by atoms with Gasteiger partial charge in [-0.3, -0.25) is 19.2 Å². The summed E-state index contributed by atoms with van der Waals surface area (Å²) in [6.45, 7) is 10.5. The lowest BCUT2D eigenvalue weighted by Crippen LogP contribution is -2.45. The van der Waals surface area contributed by atoms with Crippen molar-refractivity contribution in [2.45, 2.75) is 47.0 Å². The van der Waals surface area contributed by atoms with Crippen molar-refractivity contribution in [3.05, 3.63) is 45.6 Å². The lowest BCUT2D eigenvalue weighted by Gasteiger charge is -2.42. The topological polar surface area (TPSA) is 68.3 Å². The molecule has 0 aliphatic heterocycles. The van der Waals surface area contributed by atoms with E-state index < -0.39 is 5.41 Å². The zero-order valence-electron chi connectivity index (χ0n) is 14.5. The molecule has 3 aliphatic rings. The molecular weight excluding hydrogens is 304 g/mol. The van der Waals surface area contributed by atoms with E-state index in [-0.39, 0.29) is 35.1 Å². The molecule has 4 nitrogen and oxygen atoms in total. The largest absolute Gasteiger partial charge is 0.294 e. The minimum absolute atomic E-state index is 0.103. The average molecular weight is 324 g/mol. The van der Waals surface area contributed by atoms with Crippen molar-refractivity contribution in [3.8, 4) is 0 Å². The second-order valence-corrected chi connectivity index (χ2v) is 7.01. The van der Waals surface area contributed by atoms with Crippen LogP contribution in [-0.2, 0) is 19.2 Å². The summed E-state index contributed by atoms with van der Waals surface area (Å²) in [5.74, 6) is -0.645. The molecule has 0 bridgehead atoms. The van der Waals surface area contributed by atoms with Gasteiger partial charge in [-0.05, 0) is 52.5 Å². The molecule has 1 atom stereocenters. The Morgan fingerprint density at radius 3 is 1.83 bits per heavy atom. The lowest BCUT2D eigenvalue weighted by atomic mass is 9.58. The highest BCUT2D eigenvalue weighted by Gasteiger charge is 2.52. The van der Waals surface area contributed by atoms with Crippen LogP contribution in [0.25, 0.3) is 0 Å². The molecule has 0 aromatic rings. The minimum Gasteiger partial charge on any atom is -0.294 e. The summed E-state index contributed by atoms with van der Waals surface area (Å²) in [6.07, 6.45) is 0.783. The number of carbonyl (C=O) groups excluding carboxylic acids is 4. The van der Waals surface area contributed by atoms with Crippen LogP contribution in [0.1, 0.15) is 47.0 Å². The van der Waals surface area contributed by atoms with Crippen LogP contribution in [0.5, 0.6) is 0 Å². The number of rotatable bonds is 0. The van der Waals surface area contributed by atoms with Crippen LogP contribution in [0.4, 0.5) is 0 Å². The van der Waals surface area contributed by atoms with Gasteiger partial charge in [0.15, 0.2) is 23.1 Å². The Bertz CT molecular complexity index is 860. The Morgan fingerprint density at radius 2 is 1.25 bits per heavy atom. The summed E-state index contributed by atoms with van der Waals surface area (Å²) in [5.41, 5.74) is 1.86. The lowest BCUT2D eigenvalue weighted by molar-refractivity contribution is -0.128. The van der Waals surface area contributed by atoms with Crippen molar-refractivity contribution in [1.82, 2.24) is 0 Å². The van der Waals surface area contributed by atoms with Crippen molar-refractivity contribution in [3.63, 3.8) is 0 Å². The van der Waals surface area contributed by atoms with E-state index in [1.807, 2.05) is 0 Å². The highest BCUT2D eigenvalue weighted by molar-refractivity contribution is 6.27. The highest BCUT2D eigenvalue weighted by Crippen LogP contribution is 2.51. The number of ketones is 4. The van der Waals surface area contributed by atoms with Gasteiger partial charge in [-0.25, -0.2) is 0 Å². The number of hydrogen-bond donors (Lipinski definition) is 0. The smallest absolute Gasteiger partial charge is 0.185 e. The summed E-state index contributed by atoms with van der Waals surface area (Å²) in [6, 6.07) is 0. The van der Waals surface area contributed by atoms with Crippen LogP contribution in [0.2, 0.25) is 0 Å². The molecule has 0 aromatic carbocycles. The maximum absolute atomic E-state index is 13.0. The molecule has 0 aromatic heterocycles. The molecule has 0 heterocycles. The van der Waals surface area contributed by atoms with Gasteiger partial charge >= 0.3 is 0 Å². The van der Waals surface area contributed by atoms with E-state index in [1.165, 1.54) is 0 Å². The van der Waals surface area contributed by atoms with Gasteiger partial charge in [-0.15, -0.1) is 0 Å². The molecular formula is C20H20O4. The van der Waals surface area contributed by atoms with Gasteiger partial charge in [0.1, 0.15) is 0 Å². The Morgan fingerprint density at radius 1 is 0.750 bits per heavy atom. The maximum atomic E-state index is 13.0. The molecule has 4 heteroatoms. The molecule has 0 fully saturated rings. The standard InChI is InChI=1S/C20H20O4/c1-9-10(2)18(23)15-8-20(7-6-14(15)17(9)22)13(5)16(21)11(3)12(4)19(20)24/h5-8H2,1-4H3. The summed E-state index contributed by atoms with van der Waals surface area (Å²) >= 11 is 0. The van der Waals surface area contributed by atoms with Crippen molar-refractivity contribution >= 4 is 23.1 Å². The van der Waals surface area contributed by atoms with E-state index in [1.54, 1.807) is 27.7 Å². The molecule has 1 spiro atoms. The third kappa shape index (κ3) is 1.86. The second kappa shape index (κ2) is 5.07. The zero-order chi connectivity index (χ0) is 18.0. The summed E-state index contributed by atoms with van der Waals surface area (Å²) in [5, 5.41) is 0. The molecule has 124 valence electrons. The molecule has 3 rings (SSSR count). The van der Waals surface area contributed by atoms with Crippen LogP contribution in [-0.4, -0.2) is 23.1 Å². The minimum atomic E-state index is -1.07. The normalized spacial score (nSPS) is 28.4. The quantitative estimate of drug-likeness (QED) is 0.507. The number of Topliss-reactive ketones (excluding diaryl/α,β-unsaturated/α-hetero) is 4. The van der Waals surface area contributed by atoms with Crippen LogP contribution in [0.3, 0.4) is 0 Å². The van der Waals surface area contributed by atoms with Crippen molar-refractivity contribution in [2.75, 3.05) is 0 Å². The van der Waals surface area contributed by atoms with E-state index >= 15 is 0 Å². The Labute approximate surface area is 141 Å². The summed E-state index contributed by atoms with van der Waals surface area (Å²) < 4.78 is 0. The van der Waals surface area contributed by atoms with Gasteiger partial charge in [-0.1, -0.05) is 6.58 Å². The van der Waals surface area contributed by atoms with Crippen molar-refractivity contribution in [2.24, 2.45) is 5.41 Å². The van der Waals surface area contributed by atoms with E-state index in [4.69, 9.17) is 0 Å². The number of carbonyl (C=O) groups is 4. The van der Waals surface area contributed by atoms with Crippen LogP contribution >= 0.6 is 0 Å². The molecule has 0 saturated heterocycles. The summed E-state index contributed by atoms with van der Waals surface area (Å²) in [7, 11) is 0. The van der Waals surface area contributed by atoms with E-state index in [2.05, 4.69) is 6.58 Å². The van der Waals surface area contributed by atoms with Gasteiger partial charge in [0.05, 0.1) is 5.41 Å². The van der Waals surface area contributed by atoms with E-state index in [0.29, 0.717) is 46.3 Å². The Hall–Kier alpha value is -2.36. The average Bonchev–Trinajstić information content (AvgIpc) is 2.59. The molecule has 24 heavy (non-hydrogen) atoms. The van der Waals surface area contributed by atoms with Gasteiger partial charge in [0.25, 0.3) is 0 Å². The highest BCUT2D eigenvalue weighted by atomic mass is 16.1. The molecule has 0 N–H and O–H groups in total. The van der Waals surface area contributed by atoms with E-state index in [9.17, 15) is 19.2 Å². The summed E-state index contributed by atoms with van der Waals surface area (Å²) in [4.78, 5) is 50.6. The molecule has 0 amide bonds. The van der Waals surface area contributed by atoms with Gasteiger partial charge in [0.2, 0.25) is 0 Å². The molecule has 3 aliphatic carbocycles. The first-order valence-corrected chi connectivity index (χ1v) is 8.08. The van der Waals surface area contributed by atoms with Crippen LogP contribution in [0, 0.1) is 5.41 Å². The SMILES string of the molecule is C=C1C(=O)C(C)=C(C)C(=O)C12CCC1=C(C2)C(=O)C(C)=C(C)C1=O. The first-order chi connectivity index (χ1) is 11.1. The number of allylic oxidation sites excluding steroid dienone is 7. The predicted molar refractivity (Wildman–Crippen MR) is 89.2 cm³/mol. The fourth-order valence-electron chi connectivity index (χ4n) is 3.98. The van der Waals surface area contributed by atoms with Crippen molar-refractivity contribution in [1.29, 1.82) is 0 Å². The van der Waals surface area contributed by atoms with Gasteiger partial charge in [0, 0.05) is 33.4 Å². The van der Waals surface area contributed by atoms with Crippen LogP contribution < -0.4 is 0 Å². The fraction of sp³-hybridized carbons (Fsp3) is 0.400. The van der Waals surface area contributed by atoms with E-state index in [0.717, 1.165) is 0 Å². The molecule has 1 unspecified atom stereocenters. The van der Waals surface area contributed by atoms with Gasteiger partial charge in [-0.2, -0.15) is 0 Å². The number of hydrogen-bond acceptors (Lipinski definition) is 4. The van der Waals surface area contributed by atoms with Gasteiger partial charge < -0.3 is 0 Å². The second-order valence-electron chi connectivity index (χ2n) is 7.01. The third-order valence-corrected chi connectivity index (χ3v) is 5.97. The zero-order valence-corrected chi connectivity index (χ0v) is 14.5. The predicted octanol–water partition coefficient (Wildman–Crippen LogP) is 2.99. The first-order valence-electron chi connectivity index (χ1n) is 8.08. The first kappa shape index (κ1) is 16.5. The Kier molecular flexibility index (Phi) is 3.48. The van der Waals surface area contributed by atoms with Crippen LogP contribution in [0.15, 0.2) is 45.6 Å². The monoisotopic (exact) mass is 324 g/mol. The third-order valence-electron chi connectivity index (χ3n) is 5.97. The Balaban J connectivity index is 2.14. The fourth-order valence-corrected chi connectivity index (χ4v) is 3.98. The van der Waals surface area contributed by atoms with Crippen molar-refractivity contribution < 1.29 is 19.2 Å². The molecule has 0 saturated carbocycles. The maximum Gasteiger partial charge on any atom is 0.185 e. The molecule has 0 radical (unpaired) electrons.